The number of amides is 1. The minimum absolute atomic E-state index is 0. The molecule has 1 amide bonds. The Kier molecular flexibility index (Phi) is 8.06. The number of carbonyl (C=O) groups is 1. The first-order valence-corrected chi connectivity index (χ1v) is 8.86. The zero-order chi connectivity index (χ0) is 14.6. The first kappa shape index (κ1) is 19.7. The van der Waals surface area contributed by atoms with Gasteiger partial charge < -0.3 is 10.2 Å². The Labute approximate surface area is 128 Å². The minimum Gasteiger partial charge on any atom is -0.339 e. The van der Waals surface area contributed by atoms with Crippen LogP contribution in [-0.2, 0) is 14.6 Å². The average Bonchev–Trinajstić information content (AvgIpc) is 2.26. The topological polar surface area (TPSA) is 66.5 Å². The van der Waals surface area contributed by atoms with E-state index in [4.69, 9.17) is 0 Å². The minimum atomic E-state index is -3.05. The Hall–Kier alpha value is -0.330. The molecule has 1 rings (SSSR count). The summed E-state index contributed by atoms with van der Waals surface area (Å²) in [5, 5.41) is 3.16. The van der Waals surface area contributed by atoms with E-state index >= 15 is 0 Å². The normalized spacial score (nSPS) is 18.6. The van der Waals surface area contributed by atoms with Crippen LogP contribution in [0.1, 0.15) is 27.7 Å². The van der Waals surface area contributed by atoms with E-state index in [1.807, 2.05) is 20.8 Å². The van der Waals surface area contributed by atoms with Crippen LogP contribution in [0.2, 0.25) is 0 Å². The van der Waals surface area contributed by atoms with E-state index in [1.54, 1.807) is 11.8 Å². The highest BCUT2D eigenvalue weighted by Crippen LogP contribution is 2.20. The summed E-state index contributed by atoms with van der Waals surface area (Å²) in [6, 6.07) is -0.252. The molecule has 0 aromatic rings. The molecule has 0 saturated carbocycles. The first-order chi connectivity index (χ1) is 8.82. The molecule has 0 radical (unpaired) electrons. The van der Waals surface area contributed by atoms with Gasteiger partial charge in [-0.2, -0.15) is 0 Å². The van der Waals surface area contributed by atoms with Crippen LogP contribution in [0.5, 0.6) is 0 Å². The third kappa shape index (κ3) is 4.90. The van der Waals surface area contributed by atoms with Crippen LogP contribution in [0, 0.1) is 11.8 Å². The Bertz CT molecular complexity index is 410. The van der Waals surface area contributed by atoms with Crippen LogP contribution in [0.15, 0.2) is 0 Å². The lowest BCUT2D eigenvalue weighted by Gasteiger charge is -2.37. The Morgan fingerprint density at radius 2 is 1.85 bits per heavy atom. The van der Waals surface area contributed by atoms with Gasteiger partial charge in [0.05, 0.1) is 5.75 Å². The number of rotatable bonds is 7. The number of nitrogens with one attached hydrogen (secondary N) is 1. The zero-order valence-corrected chi connectivity index (χ0v) is 14.4. The monoisotopic (exact) mass is 326 g/mol. The molecular weight excluding hydrogens is 300 g/mol. The van der Waals surface area contributed by atoms with E-state index in [2.05, 4.69) is 5.32 Å². The second-order valence-corrected chi connectivity index (χ2v) is 7.78. The second kappa shape index (κ2) is 8.20. The molecule has 1 aliphatic heterocycles. The summed E-state index contributed by atoms with van der Waals surface area (Å²) in [6.07, 6.45) is 0. The number of sulfone groups is 1. The Morgan fingerprint density at radius 3 is 2.20 bits per heavy atom. The van der Waals surface area contributed by atoms with Crippen LogP contribution < -0.4 is 5.32 Å². The maximum atomic E-state index is 12.4. The quantitative estimate of drug-likeness (QED) is 0.756. The van der Waals surface area contributed by atoms with Crippen LogP contribution in [-0.4, -0.2) is 56.4 Å². The van der Waals surface area contributed by atoms with E-state index in [0.717, 1.165) is 13.1 Å². The smallest absolute Gasteiger partial charge is 0.226 e. The molecule has 7 heteroatoms. The number of hydrogen-bond donors (Lipinski definition) is 1. The van der Waals surface area contributed by atoms with Crippen LogP contribution >= 0.6 is 12.4 Å². The van der Waals surface area contributed by atoms with Crippen molar-refractivity contribution in [3.05, 3.63) is 0 Å². The summed E-state index contributed by atoms with van der Waals surface area (Å²) in [5.41, 5.74) is 0. The maximum absolute atomic E-state index is 12.4. The molecule has 1 saturated heterocycles. The van der Waals surface area contributed by atoms with Gasteiger partial charge in [0, 0.05) is 24.3 Å². The number of nitrogens with zero attached hydrogens (tertiary/aromatic N) is 1. The highest BCUT2D eigenvalue weighted by molar-refractivity contribution is 7.91. The van der Waals surface area contributed by atoms with Crippen LogP contribution in [0.25, 0.3) is 0 Å². The lowest BCUT2D eigenvalue weighted by molar-refractivity contribution is -0.138. The van der Waals surface area contributed by atoms with E-state index in [-0.39, 0.29) is 41.8 Å². The number of hydrogen-bond acceptors (Lipinski definition) is 4. The molecule has 20 heavy (non-hydrogen) atoms. The highest BCUT2D eigenvalue weighted by atomic mass is 35.5. The van der Waals surface area contributed by atoms with Gasteiger partial charge in [0.2, 0.25) is 5.91 Å². The van der Waals surface area contributed by atoms with Crippen molar-refractivity contribution in [2.24, 2.45) is 11.8 Å². The van der Waals surface area contributed by atoms with E-state index in [1.165, 1.54) is 0 Å². The average molecular weight is 327 g/mol. The van der Waals surface area contributed by atoms with Crippen molar-refractivity contribution in [3.63, 3.8) is 0 Å². The lowest BCUT2D eigenvalue weighted by Crippen LogP contribution is -2.52. The largest absolute Gasteiger partial charge is 0.339 e. The highest BCUT2D eigenvalue weighted by Gasteiger charge is 2.33. The molecule has 1 fully saturated rings. The lowest BCUT2D eigenvalue weighted by atomic mass is 9.87. The van der Waals surface area contributed by atoms with E-state index < -0.39 is 9.84 Å². The van der Waals surface area contributed by atoms with Gasteiger partial charge >= 0.3 is 0 Å². The molecule has 2 unspecified atom stereocenters. The molecule has 0 aliphatic carbocycles. The molecule has 0 spiro atoms. The van der Waals surface area contributed by atoms with Crippen molar-refractivity contribution in [1.82, 2.24) is 10.2 Å². The van der Waals surface area contributed by atoms with Gasteiger partial charge in [-0.05, 0) is 32.9 Å². The van der Waals surface area contributed by atoms with Crippen molar-refractivity contribution in [3.8, 4) is 0 Å². The molecule has 0 aromatic heterocycles. The van der Waals surface area contributed by atoms with Crippen molar-refractivity contribution in [2.45, 2.75) is 33.7 Å². The van der Waals surface area contributed by atoms with Gasteiger partial charge in [-0.3, -0.25) is 4.79 Å². The van der Waals surface area contributed by atoms with Gasteiger partial charge in [-0.15, -0.1) is 12.4 Å². The fraction of sp³-hybridized carbons (Fsp3) is 0.923. The molecule has 120 valence electrons. The van der Waals surface area contributed by atoms with Gasteiger partial charge in [-0.25, -0.2) is 8.42 Å². The fourth-order valence-electron chi connectivity index (χ4n) is 2.39. The summed E-state index contributed by atoms with van der Waals surface area (Å²) in [7, 11) is -3.05. The summed E-state index contributed by atoms with van der Waals surface area (Å²) in [4.78, 5) is 14.1. The molecule has 1 N–H and O–H groups in total. The summed E-state index contributed by atoms with van der Waals surface area (Å²) >= 11 is 0. The SMILES string of the molecule is CCN(C(=O)C(C)C1CNC1)C(C)CS(=O)(=O)CC.Cl. The fourth-order valence-corrected chi connectivity index (χ4v) is 3.54. The molecule has 1 aliphatic rings. The predicted molar refractivity (Wildman–Crippen MR) is 83.9 cm³/mol. The van der Waals surface area contributed by atoms with Crippen LogP contribution in [0.4, 0.5) is 0 Å². The Balaban J connectivity index is 0.00000361. The molecule has 5 nitrogen and oxygen atoms in total. The van der Waals surface area contributed by atoms with E-state index in [9.17, 15) is 13.2 Å². The summed E-state index contributed by atoms with van der Waals surface area (Å²) < 4.78 is 23.4. The molecule has 1 heterocycles. The van der Waals surface area contributed by atoms with Crippen molar-refractivity contribution in [1.29, 1.82) is 0 Å². The molecule has 0 aromatic carbocycles. The molecule has 0 bridgehead atoms. The van der Waals surface area contributed by atoms with E-state index in [0.29, 0.717) is 12.5 Å². The predicted octanol–water partition coefficient (Wildman–Crippen LogP) is 0.935. The van der Waals surface area contributed by atoms with Crippen molar-refractivity contribution in [2.75, 3.05) is 31.1 Å². The van der Waals surface area contributed by atoms with Gasteiger partial charge in [0.1, 0.15) is 0 Å². The Morgan fingerprint density at radius 1 is 1.30 bits per heavy atom. The molecule has 2 atom stereocenters. The number of halogens is 1. The zero-order valence-electron chi connectivity index (χ0n) is 12.8. The van der Waals surface area contributed by atoms with Crippen LogP contribution in [0.3, 0.4) is 0 Å². The summed E-state index contributed by atoms with van der Waals surface area (Å²) in [6.45, 7) is 9.63. The maximum Gasteiger partial charge on any atom is 0.226 e. The number of carbonyl (C=O) groups excluding carboxylic acids is 1. The standard InChI is InChI=1S/C13H26N2O3S.ClH/c1-5-15(10(3)9-19(17,18)6-2)13(16)11(4)12-7-14-8-12;/h10-12,14H,5-9H2,1-4H3;1H. The van der Waals surface area contributed by atoms with Gasteiger partial charge in [-0.1, -0.05) is 13.8 Å². The third-order valence-corrected chi connectivity index (χ3v) is 5.87. The second-order valence-electron chi connectivity index (χ2n) is 5.38. The van der Waals surface area contributed by atoms with Gasteiger partial charge in [0.15, 0.2) is 9.84 Å². The summed E-state index contributed by atoms with van der Waals surface area (Å²) in [5.74, 6) is 0.612. The third-order valence-electron chi connectivity index (χ3n) is 4.00. The van der Waals surface area contributed by atoms with Gasteiger partial charge in [0.25, 0.3) is 0 Å². The van der Waals surface area contributed by atoms with Crippen molar-refractivity contribution < 1.29 is 13.2 Å². The first-order valence-electron chi connectivity index (χ1n) is 7.04. The van der Waals surface area contributed by atoms with Crippen molar-refractivity contribution >= 4 is 28.2 Å². The molecular formula is C13H27ClN2O3S.